The highest BCUT2D eigenvalue weighted by molar-refractivity contribution is 7.98. The van der Waals surface area contributed by atoms with E-state index < -0.39 is 23.3 Å². The number of aromatic carboxylic acids is 1. The average Bonchev–Trinajstić information content (AvgIpc) is 2.48. The summed E-state index contributed by atoms with van der Waals surface area (Å²) in [5.74, 6) is -2.80. The second kappa shape index (κ2) is 6.52. The van der Waals surface area contributed by atoms with E-state index in [2.05, 4.69) is 15.3 Å². The Morgan fingerprint density at radius 2 is 2.00 bits per heavy atom. The van der Waals surface area contributed by atoms with Crippen LogP contribution in [0, 0.1) is 12.7 Å². The zero-order valence-electron chi connectivity index (χ0n) is 11.8. The number of amides is 1. The van der Waals surface area contributed by atoms with Crippen LogP contribution in [0.15, 0.2) is 29.4 Å². The van der Waals surface area contributed by atoms with Crippen LogP contribution in [0.1, 0.15) is 26.5 Å². The van der Waals surface area contributed by atoms with Crippen LogP contribution in [0.25, 0.3) is 0 Å². The van der Waals surface area contributed by atoms with Crippen molar-refractivity contribution in [2.75, 3.05) is 11.6 Å². The lowest BCUT2D eigenvalue weighted by molar-refractivity contribution is 0.0691. The van der Waals surface area contributed by atoms with E-state index in [1.165, 1.54) is 23.9 Å². The third kappa shape index (κ3) is 3.59. The predicted octanol–water partition coefficient (Wildman–Crippen LogP) is 2.60. The van der Waals surface area contributed by atoms with Crippen LogP contribution in [0.3, 0.4) is 0 Å². The molecule has 8 heteroatoms. The molecule has 0 atom stereocenters. The van der Waals surface area contributed by atoms with Gasteiger partial charge in [-0.05, 0) is 37.4 Å². The first-order valence-electron chi connectivity index (χ1n) is 6.14. The Morgan fingerprint density at radius 1 is 1.27 bits per heavy atom. The first-order valence-corrected chi connectivity index (χ1v) is 7.37. The van der Waals surface area contributed by atoms with E-state index >= 15 is 0 Å². The topological polar surface area (TPSA) is 92.2 Å². The van der Waals surface area contributed by atoms with Crippen molar-refractivity contribution in [1.82, 2.24) is 9.97 Å². The molecule has 0 radical (unpaired) electrons. The summed E-state index contributed by atoms with van der Waals surface area (Å²) in [6.07, 6.45) is 1.79. The third-order valence-corrected chi connectivity index (χ3v) is 3.25. The van der Waals surface area contributed by atoms with Gasteiger partial charge in [0, 0.05) is 11.4 Å². The smallest absolute Gasteiger partial charge is 0.338 e. The van der Waals surface area contributed by atoms with E-state index in [0.717, 1.165) is 12.1 Å². The number of anilines is 1. The molecule has 0 aliphatic carbocycles. The second-order valence-electron chi connectivity index (χ2n) is 4.34. The van der Waals surface area contributed by atoms with Gasteiger partial charge in [0.25, 0.3) is 5.91 Å². The van der Waals surface area contributed by atoms with E-state index in [4.69, 9.17) is 5.11 Å². The minimum atomic E-state index is -1.41. The van der Waals surface area contributed by atoms with Gasteiger partial charge in [0.2, 0.25) is 0 Å². The van der Waals surface area contributed by atoms with Crippen molar-refractivity contribution in [2.24, 2.45) is 0 Å². The highest BCUT2D eigenvalue weighted by Gasteiger charge is 2.14. The number of benzene rings is 1. The molecule has 0 aliphatic rings. The Bertz CT molecular complexity index is 752. The lowest BCUT2D eigenvalue weighted by Gasteiger charge is -2.07. The molecule has 0 unspecified atom stereocenters. The minimum Gasteiger partial charge on any atom is -0.478 e. The van der Waals surface area contributed by atoms with Gasteiger partial charge < -0.3 is 10.4 Å². The molecule has 1 aromatic carbocycles. The van der Waals surface area contributed by atoms with E-state index in [1.807, 2.05) is 0 Å². The van der Waals surface area contributed by atoms with Gasteiger partial charge in [0.1, 0.15) is 11.5 Å². The van der Waals surface area contributed by atoms with Crippen molar-refractivity contribution in [3.63, 3.8) is 0 Å². The molecule has 0 bridgehead atoms. The minimum absolute atomic E-state index is 0.151. The van der Waals surface area contributed by atoms with Crippen LogP contribution in [0.5, 0.6) is 0 Å². The van der Waals surface area contributed by atoms with Gasteiger partial charge in [0.05, 0.1) is 5.56 Å². The molecule has 1 amide bonds. The number of rotatable bonds is 4. The lowest BCUT2D eigenvalue weighted by Crippen LogP contribution is -2.15. The number of carbonyl (C=O) groups is 2. The molecule has 2 aromatic rings. The van der Waals surface area contributed by atoms with Crippen LogP contribution in [0.2, 0.25) is 0 Å². The molecule has 0 saturated heterocycles. The fourth-order valence-corrected chi connectivity index (χ4v) is 2.14. The number of hydrogen-bond acceptors (Lipinski definition) is 5. The maximum Gasteiger partial charge on any atom is 0.338 e. The van der Waals surface area contributed by atoms with Crippen LogP contribution >= 0.6 is 11.8 Å². The summed E-state index contributed by atoms with van der Waals surface area (Å²) in [4.78, 5) is 31.2. The highest BCUT2D eigenvalue weighted by Crippen LogP contribution is 2.16. The summed E-state index contributed by atoms with van der Waals surface area (Å²) in [5, 5.41) is 11.8. The summed E-state index contributed by atoms with van der Waals surface area (Å²) >= 11 is 1.30. The quantitative estimate of drug-likeness (QED) is 0.664. The molecule has 2 rings (SSSR count). The second-order valence-corrected chi connectivity index (χ2v) is 5.11. The summed E-state index contributed by atoms with van der Waals surface area (Å²) in [7, 11) is 0. The van der Waals surface area contributed by atoms with Crippen LogP contribution < -0.4 is 5.32 Å². The first-order chi connectivity index (χ1) is 10.4. The van der Waals surface area contributed by atoms with Gasteiger partial charge in [-0.25, -0.2) is 19.2 Å². The Labute approximate surface area is 129 Å². The summed E-state index contributed by atoms with van der Waals surface area (Å²) in [6, 6.07) is 4.83. The normalized spacial score (nSPS) is 10.3. The van der Waals surface area contributed by atoms with Crippen molar-refractivity contribution in [3.05, 3.63) is 47.0 Å². The third-order valence-electron chi connectivity index (χ3n) is 2.70. The molecule has 2 N–H and O–H groups in total. The van der Waals surface area contributed by atoms with Gasteiger partial charge in [-0.1, -0.05) is 11.8 Å². The number of nitrogens with one attached hydrogen (secondary N) is 1. The molecule has 0 fully saturated rings. The van der Waals surface area contributed by atoms with Gasteiger partial charge in [0.15, 0.2) is 5.16 Å². The number of carboxylic acids is 1. The van der Waals surface area contributed by atoms with Crippen molar-refractivity contribution in [2.45, 2.75) is 12.1 Å². The number of aromatic nitrogens is 2. The van der Waals surface area contributed by atoms with E-state index in [-0.39, 0.29) is 11.4 Å². The molecular weight excluding hydrogens is 309 g/mol. The number of aryl methyl sites for hydroxylation is 1. The Balaban J connectivity index is 2.27. The van der Waals surface area contributed by atoms with Crippen molar-refractivity contribution in [1.29, 1.82) is 0 Å². The SMILES string of the molecule is CSc1nc(C)cc(C(=O)Nc2ccc(F)c(C(=O)O)c2)n1. The van der Waals surface area contributed by atoms with Gasteiger partial charge >= 0.3 is 5.97 Å². The van der Waals surface area contributed by atoms with Gasteiger partial charge in [-0.2, -0.15) is 0 Å². The van der Waals surface area contributed by atoms with Crippen molar-refractivity contribution in [3.8, 4) is 0 Å². The molecule has 1 aromatic heterocycles. The van der Waals surface area contributed by atoms with E-state index in [9.17, 15) is 14.0 Å². The number of carboxylic acid groups (broad SMARTS) is 1. The summed E-state index contributed by atoms with van der Waals surface area (Å²) in [5.41, 5.74) is 0.445. The molecule has 114 valence electrons. The monoisotopic (exact) mass is 321 g/mol. The molecule has 0 spiro atoms. The number of thioether (sulfide) groups is 1. The maximum absolute atomic E-state index is 13.3. The van der Waals surface area contributed by atoms with Gasteiger partial charge in [-0.3, -0.25) is 4.79 Å². The highest BCUT2D eigenvalue weighted by atomic mass is 32.2. The standard InChI is InChI=1S/C14H12FN3O3S/c1-7-5-11(18-14(16-7)22-2)12(19)17-8-3-4-10(15)9(6-8)13(20)21/h3-6H,1-2H3,(H,17,19)(H,20,21). The Hall–Kier alpha value is -2.48. The van der Waals surface area contributed by atoms with E-state index in [1.54, 1.807) is 13.2 Å². The fourth-order valence-electron chi connectivity index (χ4n) is 1.71. The molecule has 1 heterocycles. The van der Waals surface area contributed by atoms with Crippen LogP contribution in [-0.4, -0.2) is 33.2 Å². The average molecular weight is 321 g/mol. The Morgan fingerprint density at radius 3 is 2.64 bits per heavy atom. The number of nitrogens with zero attached hydrogens (tertiary/aromatic N) is 2. The van der Waals surface area contributed by atoms with Gasteiger partial charge in [-0.15, -0.1) is 0 Å². The fraction of sp³-hybridized carbons (Fsp3) is 0.143. The number of halogens is 1. The Kier molecular flexibility index (Phi) is 4.71. The summed E-state index contributed by atoms with van der Waals surface area (Å²) in [6.45, 7) is 1.73. The van der Waals surface area contributed by atoms with Crippen molar-refractivity contribution < 1.29 is 19.1 Å². The largest absolute Gasteiger partial charge is 0.478 e. The number of carbonyl (C=O) groups excluding carboxylic acids is 1. The molecule has 0 saturated carbocycles. The van der Waals surface area contributed by atoms with E-state index in [0.29, 0.717) is 10.9 Å². The van der Waals surface area contributed by atoms with Crippen LogP contribution in [0.4, 0.5) is 10.1 Å². The molecule has 22 heavy (non-hydrogen) atoms. The molecular formula is C14H12FN3O3S. The van der Waals surface area contributed by atoms with Crippen molar-refractivity contribution >= 4 is 29.3 Å². The number of hydrogen-bond donors (Lipinski definition) is 2. The van der Waals surface area contributed by atoms with Crippen LogP contribution in [-0.2, 0) is 0 Å². The maximum atomic E-state index is 13.3. The lowest BCUT2D eigenvalue weighted by atomic mass is 10.2. The zero-order chi connectivity index (χ0) is 16.3. The predicted molar refractivity (Wildman–Crippen MR) is 79.9 cm³/mol. The molecule has 6 nitrogen and oxygen atoms in total. The zero-order valence-corrected chi connectivity index (χ0v) is 12.6. The first kappa shape index (κ1) is 15.9. The molecule has 0 aliphatic heterocycles. The summed E-state index contributed by atoms with van der Waals surface area (Å²) < 4.78 is 13.3.